The zero-order chi connectivity index (χ0) is 26.9. The van der Waals surface area contributed by atoms with Crippen molar-refractivity contribution in [1.82, 2.24) is 19.7 Å². The maximum atomic E-state index is 13.3. The predicted octanol–water partition coefficient (Wildman–Crippen LogP) is 5.52. The number of amides is 2. The number of pyridine rings is 1. The Hall–Kier alpha value is -3.88. The third-order valence-electron chi connectivity index (χ3n) is 6.86. The van der Waals surface area contributed by atoms with Crippen LogP contribution in [0.15, 0.2) is 42.7 Å². The van der Waals surface area contributed by atoms with Gasteiger partial charge >= 0.3 is 6.09 Å². The van der Waals surface area contributed by atoms with Gasteiger partial charge in [-0.1, -0.05) is 52.8 Å². The number of nitrogen functional groups attached to an aromatic ring is 1. The number of para-hydroxylation sites is 1. The molecule has 0 spiro atoms. The molecule has 3 heterocycles. The summed E-state index contributed by atoms with van der Waals surface area (Å²) < 4.78 is 1.95. The lowest BCUT2D eigenvalue weighted by Crippen LogP contribution is -2.38. The quantitative estimate of drug-likeness (QED) is 0.420. The lowest BCUT2D eigenvalue weighted by atomic mass is 9.87. The first-order chi connectivity index (χ1) is 17.5. The fourth-order valence-electron chi connectivity index (χ4n) is 4.77. The van der Waals surface area contributed by atoms with Gasteiger partial charge in [-0.2, -0.15) is 5.10 Å². The van der Waals surface area contributed by atoms with Crippen LogP contribution in [0.4, 0.5) is 16.3 Å². The molecule has 1 fully saturated rings. The minimum Gasteiger partial charge on any atom is -0.465 e. The average molecular weight is 505 g/mol. The van der Waals surface area contributed by atoms with Crippen molar-refractivity contribution in [3.05, 3.63) is 59.5 Å². The summed E-state index contributed by atoms with van der Waals surface area (Å²) in [6, 6.07) is 9.62. The van der Waals surface area contributed by atoms with Crippen LogP contribution in [0.5, 0.6) is 0 Å². The number of rotatable bonds is 5. The Morgan fingerprint density at radius 1 is 1.16 bits per heavy atom. The second kappa shape index (κ2) is 10.2. The smallest absolute Gasteiger partial charge is 0.407 e. The first-order valence-electron chi connectivity index (χ1n) is 12.7. The SMILES string of the molecule is CC(C)c1ccccc1NC(=O)c1cc(-c2cn(C3CCN(C(=O)O)CC3)nc2C(C)(C)C)cnc1N. The summed E-state index contributed by atoms with van der Waals surface area (Å²) in [6.45, 7) is 11.4. The molecule has 196 valence electrons. The second-order valence-corrected chi connectivity index (χ2v) is 11.0. The zero-order valence-corrected chi connectivity index (χ0v) is 22.2. The van der Waals surface area contributed by atoms with Crippen LogP contribution in [0.1, 0.15) is 81.0 Å². The number of carbonyl (C=O) groups excluding carboxylic acids is 1. The van der Waals surface area contributed by atoms with Gasteiger partial charge < -0.3 is 21.1 Å². The van der Waals surface area contributed by atoms with E-state index in [2.05, 4.69) is 44.9 Å². The molecule has 37 heavy (non-hydrogen) atoms. The molecular weight excluding hydrogens is 468 g/mol. The van der Waals surface area contributed by atoms with E-state index in [-0.39, 0.29) is 29.1 Å². The van der Waals surface area contributed by atoms with E-state index in [9.17, 15) is 14.7 Å². The molecule has 0 radical (unpaired) electrons. The van der Waals surface area contributed by atoms with Crippen LogP contribution >= 0.6 is 0 Å². The molecule has 0 saturated carbocycles. The number of nitrogens with two attached hydrogens (primary N) is 1. The molecule has 2 aromatic heterocycles. The molecule has 1 aliphatic heterocycles. The zero-order valence-electron chi connectivity index (χ0n) is 22.2. The monoisotopic (exact) mass is 504 g/mol. The van der Waals surface area contributed by atoms with Crippen LogP contribution in [-0.2, 0) is 5.41 Å². The van der Waals surface area contributed by atoms with Crippen LogP contribution < -0.4 is 11.1 Å². The number of hydrogen-bond acceptors (Lipinski definition) is 5. The van der Waals surface area contributed by atoms with Gasteiger partial charge in [-0.3, -0.25) is 9.48 Å². The largest absolute Gasteiger partial charge is 0.465 e. The Morgan fingerprint density at radius 2 is 1.84 bits per heavy atom. The topological polar surface area (TPSA) is 126 Å². The summed E-state index contributed by atoms with van der Waals surface area (Å²) in [5, 5.41) is 17.2. The number of benzene rings is 1. The first kappa shape index (κ1) is 26.2. The van der Waals surface area contributed by atoms with E-state index in [1.54, 1.807) is 12.3 Å². The van der Waals surface area contributed by atoms with E-state index in [1.807, 2.05) is 35.1 Å². The highest BCUT2D eigenvalue weighted by molar-refractivity contribution is 6.08. The van der Waals surface area contributed by atoms with Crippen molar-refractivity contribution in [2.75, 3.05) is 24.1 Å². The van der Waals surface area contributed by atoms with Crippen LogP contribution in [0, 0.1) is 0 Å². The number of nitrogens with zero attached hydrogens (tertiary/aromatic N) is 4. The van der Waals surface area contributed by atoms with E-state index in [4.69, 9.17) is 10.8 Å². The number of carboxylic acid groups (broad SMARTS) is 1. The highest BCUT2D eigenvalue weighted by Gasteiger charge is 2.29. The van der Waals surface area contributed by atoms with Crippen molar-refractivity contribution in [3.63, 3.8) is 0 Å². The molecule has 9 nitrogen and oxygen atoms in total. The molecule has 4 N–H and O–H groups in total. The van der Waals surface area contributed by atoms with Gasteiger partial charge in [0.05, 0.1) is 17.3 Å². The lowest BCUT2D eigenvalue weighted by Gasteiger charge is -2.30. The summed E-state index contributed by atoms with van der Waals surface area (Å²) in [6.07, 6.45) is 4.17. The van der Waals surface area contributed by atoms with E-state index in [0.717, 1.165) is 28.1 Å². The summed E-state index contributed by atoms with van der Waals surface area (Å²) in [7, 11) is 0. The normalized spacial score (nSPS) is 14.7. The first-order valence-corrected chi connectivity index (χ1v) is 12.7. The van der Waals surface area contributed by atoms with Crippen molar-refractivity contribution in [2.45, 2.75) is 64.8 Å². The summed E-state index contributed by atoms with van der Waals surface area (Å²) in [4.78, 5) is 30.4. The van der Waals surface area contributed by atoms with Crippen LogP contribution in [-0.4, -0.2) is 49.9 Å². The van der Waals surface area contributed by atoms with Crippen molar-refractivity contribution < 1.29 is 14.7 Å². The minimum atomic E-state index is -0.884. The van der Waals surface area contributed by atoms with Gasteiger partial charge in [-0.15, -0.1) is 0 Å². The van der Waals surface area contributed by atoms with Crippen LogP contribution in [0.3, 0.4) is 0 Å². The molecule has 0 aliphatic carbocycles. The molecular formula is C28H36N6O3. The molecule has 1 aliphatic rings. The molecule has 0 bridgehead atoms. The summed E-state index contributed by atoms with van der Waals surface area (Å²) in [5.41, 5.74) is 10.5. The average Bonchev–Trinajstić information content (AvgIpc) is 3.31. The Bertz CT molecular complexity index is 1300. The molecule has 1 saturated heterocycles. The number of aromatic nitrogens is 3. The third kappa shape index (κ3) is 5.60. The molecule has 9 heteroatoms. The van der Waals surface area contributed by atoms with Crippen molar-refractivity contribution >= 4 is 23.5 Å². The van der Waals surface area contributed by atoms with Crippen LogP contribution in [0.25, 0.3) is 11.1 Å². The fourth-order valence-corrected chi connectivity index (χ4v) is 4.77. The minimum absolute atomic E-state index is 0.0995. The molecule has 0 unspecified atom stereocenters. The van der Waals surface area contributed by atoms with Crippen LogP contribution in [0.2, 0.25) is 0 Å². The highest BCUT2D eigenvalue weighted by atomic mass is 16.4. The summed E-state index contributed by atoms with van der Waals surface area (Å²) >= 11 is 0. The molecule has 0 atom stereocenters. The maximum Gasteiger partial charge on any atom is 0.407 e. The van der Waals surface area contributed by atoms with E-state index < -0.39 is 6.09 Å². The summed E-state index contributed by atoms with van der Waals surface area (Å²) in [5.74, 6) is 0.0977. The third-order valence-corrected chi connectivity index (χ3v) is 6.86. The number of anilines is 2. The Labute approximate surface area is 217 Å². The van der Waals surface area contributed by atoms with E-state index in [0.29, 0.717) is 31.5 Å². The van der Waals surface area contributed by atoms with E-state index >= 15 is 0 Å². The van der Waals surface area contributed by atoms with Gasteiger partial charge in [0.15, 0.2) is 0 Å². The van der Waals surface area contributed by atoms with Gasteiger partial charge in [0.25, 0.3) is 5.91 Å². The van der Waals surface area contributed by atoms with Crippen molar-refractivity contribution in [2.24, 2.45) is 0 Å². The van der Waals surface area contributed by atoms with E-state index in [1.165, 1.54) is 4.90 Å². The number of carbonyl (C=O) groups is 2. The molecule has 4 rings (SSSR count). The standard InChI is InChI=1S/C28H36N6O3/c1-17(2)20-8-6-7-9-23(20)31-26(35)21-14-18(15-30-25(21)29)22-16-34(32-24(22)28(3,4)5)19-10-12-33(13-11-19)27(36)37/h6-9,14-17,19H,10-13H2,1-5H3,(H2,29,30)(H,31,35)(H,36,37). The number of likely N-dealkylation sites (tertiary alicyclic amines) is 1. The highest BCUT2D eigenvalue weighted by Crippen LogP contribution is 2.35. The Kier molecular flexibility index (Phi) is 7.25. The number of nitrogens with one attached hydrogen (secondary N) is 1. The fraction of sp³-hybridized carbons (Fsp3) is 0.429. The lowest BCUT2D eigenvalue weighted by molar-refractivity contribution is 0.102. The van der Waals surface area contributed by atoms with Gasteiger partial charge in [0.1, 0.15) is 5.82 Å². The molecule has 1 aromatic carbocycles. The number of piperidine rings is 1. The number of hydrogen-bond donors (Lipinski definition) is 3. The van der Waals surface area contributed by atoms with Crippen molar-refractivity contribution in [1.29, 1.82) is 0 Å². The molecule has 3 aromatic rings. The predicted molar refractivity (Wildman–Crippen MR) is 145 cm³/mol. The second-order valence-electron chi connectivity index (χ2n) is 11.0. The van der Waals surface area contributed by atoms with Gasteiger partial charge in [0.2, 0.25) is 0 Å². The van der Waals surface area contributed by atoms with Gasteiger partial charge in [0, 0.05) is 47.7 Å². The van der Waals surface area contributed by atoms with Gasteiger partial charge in [-0.25, -0.2) is 9.78 Å². The van der Waals surface area contributed by atoms with Gasteiger partial charge in [-0.05, 0) is 36.5 Å². The maximum absolute atomic E-state index is 13.3. The Balaban J connectivity index is 1.67. The Morgan fingerprint density at radius 3 is 2.46 bits per heavy atom. The van der Waals surface area contributed by atoms with Crippen molar-refractivity contribution in [3.8, 4) is 11.1 Å². The molecule has 2 amide bonds.